The lowest BCUT2D eigenvalue weighted by molar-refractivity contribution is -0.127. The number of carbonyl (C=O) groups is 3. The molecule has 37 heavy (non-hydrogen) atoms. The molecular weight excluding hydrogens is 488 g/mol. The third-order valence-corrected chi connectivity index (χ3v) is 6.40. The first-order valence-corrected chi connectivity index (χ1v) is 12.4. The molecule has 188 valence electrons. The lowest BCUT2D eigenvalue weighted by Gasteiger charge is -2.16. The smallest absolute Gasteiger partial charge is 0.294 e. The van der Waals surface area contributed by atoms with Crippen LogP contribution in [0.1, 0.15) is 16.7 Å². The Morgan fingerprint density at radius 2 is 1.76 bits per heavy atom. The van der Waals surface area contributed by atoms with Crippen molar-refractivity contribution in [2.24, 2.45) is 0 Å². The molecule has 1 fully saturated rings. The average Bonchev–Trinajstić information content (AvgIpc) is 3.16. The van der Waals surface area contributed by atoms with E-state index in [1.54, 1.807) is 49.6 Å². The van der Waals surface area contributed by atoms with E-state index in [1.807, 2.05) is 42.5 Å². The summed E-state index contributed by atoms with van der Waals surface area (Å²) >= 11 is 0.796. The number of carbonyl (C=O) groups excluding carboxylic acids is 3. The molecule has 0 atom stereocenters. The highest BCUT2D eigenvalue weighted by molar-refractivity contribution is 8.18. The third-order valence-electron chi connectivity index (χ3n) is 5.49. The highest BCUT2D eigenvalue weighted by Crippen LogP contribution is 2.37. The largest absolute Gasteiger partial charge is 0.493 e. The second-order valence-electron chi connectivity index (χ2n) is 8.16. The summed E-state index contributed by atoms with van der Waals surface area (Å²) in [6.07, 6.45) is 3.90. The first kappa shape index (κ1) is 25.8. The highest BCUT2D eigenvalue weighted by atomic mass is 32.2. The van der Waals surface area contributed by atoms with Gasteiger partial charge in [0.15, 0.2) is 11.5 Å². The number of amides is 3. The van der Waals surface area contributed by atoms with Gasteiger partial charge in [0.2, 0.25) is 5.91 Å². The van der Waals surface area contributed by atoms with E-state index in [9.17, 15) is 14.4 Å². The minimum absolute atomic E-state index is 0.224. The van der Waals surface area contributed by atoms with Gasteiger partial charge in [0.1, 0.15) is 13.2 Å². The molecule has 3 aromatic carbocycles. The van der Waals surface area contributed by atoms with Gasteiger partial charge >= 0.3 is 0 Å². The molecule has 1 heterocycles. The molecule has 0 saturated carbocycles. The molecule has 7 nitrogen and oxygen atoms in total. The Labute approximate surface area is 219 Å². The third kappa shape index (κ3) is 6.48. The number of hydrogen-bond donors (Lipinski definition) is 1. The molecule has 1 N–H and O–H groups in total. The zero-order chi connectivity index (χ0) is 26.2. The van der Waals surface area contributed by atoms with Crippen LogP contribution in [0.4, 0.5) is 10.5 Å². The van der Waals surface area contributed by atoms with Crippen LogP contribution in [-0.4, -0.2) is 35.6 Å². The SMILES string of the molecule is C=CCc1cc(/C=C2\SC(=O)N(CC(=O)Nc3ccccc3)C2=O)cc(OC)c1OCc1ccccc1. The standard InChI is InChI=1S/C29H26N2O5S/c1-3-10-22-15-21(16-24(35-2)27(22)36-19-20-11-6-4-7-12-20)17-25-28(33)31(29(34)37-25)18-26(32)30-23-13-8-5-9-14-23/h3-9,11-17H,1,10,18-19H2,2H3,(H,30,32)/b25-17-. The quantitative estimate of drug-likeness (QED) is 0.277. The van der Waals surface area contributed by atoms with Gasteiger partial charge in [-0.15, -0.1) is 6.58 Å². The van der Waals surface area contributed by atoms with Crippen molar-refractivity contribution in [2.45, 2.75) is 13.0 Å². The number of para-hydroxylation sites is 1. The van der Waals surface area contributed by atoms with Gasteiger partial charge in [0.25, 0.3) is 11.1 Å². The number of nitrogens with zero attached hydrogens (tertiary/aromatic N) is 1. The van der Waals surface area contributed by atoms with Crippen molar-refractivity contribution in [3.63, 3.8) is 0 Å². The van der Waals surface area contributed by atoms with Gasteiger partial charge in [-0.25, -0.2) is 0 Å². The van der Waals surface area contributed by atoms with Crippen LogP contribution in [0.5, 0.6) is 11.5 Å². The predicted molar refractivity (Wildman–Crippen MR) is 145 cm³/mol. The first-order valence-electron chi connectivity index (χ1n) is 11.6. The summed E-state index contributed by atoms with van der Waals surface area (Å²) in [7, 11) is 1.55. The molecule has 0 radical (unpaired) electrons. The molecule has 1 saturated heterocycles. The summed E-state index contributed by atoms with van der Waals surface area (Å²) in [5, 5.41) is 2.19. The minimum atomic E-state index is -0.521. The fourth-order valence-corrected chi connectivity index (χ4v) is 4.61. The van der Waals surface area contributed by atoms with Crippen molar-refractivity contribution in [3.05, 3.63) is 107 Å². The molecular formula is C29H26N2O5S. The monoisotopic (exact) mass is 514 g/mol. The van der Waals surface area contributed by atoms with Crippen LogP contribution >= 0.6 is 11.8 Å². The van der Waals surface area contributed by atoms with Crippen molar-refractivity contribution in [2.75, 3.05) is 19.0 Å². The van der Waals surface area contributed by atoms with E-state index in [2.05, 4.69) is 11.9 Å². The van der Waals surface area contributed by atoms with Gasteiger partial charge in [-0.05, 0) is 59.7 Å². The molecule has 0 unspecified atom stereocenters. The Balaban J connectivity index is 1.53. The van der Waals surface area contributed by atoms with Gasteiger partial charge in [0, 0.05) is 11.3 Å². The van der Waals surface area contributed by atoms with Crippen LogP contribution in [-0.2, 0) is 22.6 Å². The first-order chi connectivity index (χ1) is 18.0. The van der Waals surface area contributed by atoms with E-state index in [0.29, 0.717) is 35.8 Å². The highest BCUT2D eigenvalue weighted by Gasteiger charge is 2.36. The fraction of sp³-hybridized carbons (Fsp3) is 0.138. The van der Waals surface area contributed by atoms with Crippen LogP contribution in [0.15, 0.2) is 90.4 Å². The van der Waals surface area contributed by atoms with Crippen molar-refractivity contribution < 1.29 is 23.9 Å². The normalized spacial score (nSPS) is 14.1. The summed E-state index contributed by atoms with van der Waals surface area (Å²) in [5.41, 5.74) is 3.10. The fourth-order valence-electron chi connectivity index (χ4n) is 3.77. The van der Waals surface area contributed by atoms with Crippen molar-refractivity contribution in [1.29, 1.82) is 0 Å². The number of nitrogens with one attached hydrogen (secondary N) is 1. The summed E-state index contributed by atoms with van der Waals surface area (Å²) < 4.78 is 11.7. The second-order valence-corrected chi connectivity index (χ2v) is 9.15. The van der Waals surface area contributed by atoms with E-state index in [4.69, 9.17) is 9.47 Å². The van der Waals surface area contributed by atoms with Crippen molar-refractivity contribution in [3.8, 4) is 11.5 Å². The molecule has 3 amide bonds. The molecule has 0 aromatic heterocycles. The zero-order valence-electron chi connectivity index (χ0n) is 20.3. The van der Waals surface area contributed by atoms with Crippen LogP contribution in [0.2, 0.25) is 0 Å². The van der Waals surface area contributed by atoms with E-state index in [0.717, 1.165) is 27.8 Å². The number of rotatable bonds is 10. The van der Waals surface area contributed by atoms with Crippen LogP contribution < -0.4 is 14.8 Å². The lowest BCUT2D eigenvalue weighted by Crippen LogP contribution is -2.36. The summed E-state index contributed by atoms with van der Waals surface area (Å²) in [5.74, 6) is 0.119. The summed E-state index contributed by atoms with van der Waals surface area (Å²) in [6.45, 7) is 3.83. The Morgan fingerprint density at radius 1 is 1.05 bits per heavy atom. The second kappa shape index (κ2) is 12.1. The molecule has 3 aromatic rings. The Hall–Kier alpha value is -4.30. The zero-order valence-corrected chi connectivity index (χ0v) is 21.1. The Bertz CT molecular complexity index is 1340. The number of benzene rings is 3. The number of ether oxygens (including phenoxy) is 2. The number of imide groups is 1. The number of allylic oxidation sites excluding steroid dienone is 1. The van der Waals surface area contributed by atoms with Gasteiger partial charge < -0.3 is 14.8 Å². The van der Waals surface area contributed by atoms with Gasteiger partial charge in [-0.3, -0.25) is 19.3 Å². The van der Waals surface area contributed by atoms with Gasteiger partial charge in [-0.1, -0.05) is 54.6 Å². The number of hydrogen-bond acceptors (Lipinski definition) is 6. The maximum Gasteiger partial charge on any atom is 0.294 e. The van der Waals surface area contributed by atoms with Gasteiger partial charge in [0.05, 0.1) is 12.0 Å². The Kier molecular flexibility index (Phi) is 8.43. The summed E-state index contributed by atoms with van der Waals surface area (Å²) in [4.78, 5) is 39.1. The van der Waals surface area contributed by atoms with Gasteiger partial charge in [-0.2, -0.15) is 0 Å². The van der Waals surface area contributed by atoms with Crippen LogP contribution in [0, 0.1) is 0 Å². The molecule has 0 aliphatic carbocycles. The molecule has 0 bridgehead atoms. The Morgan fingerprint density at radius 3 is 2.43 bits per heavy atom. The predicted octanol–water partition coefficient (Wildman–Crippen LogP) is 5.68. The van der Waals surface area contributed by atoms with E-state index >= 15 is 0 Å². The molecule has 8 heteroatoms. The van der Waals surface area contributed by atoms with Crippen LogP contribution in [0.25, 0.3) is 6.08 Å². The topological polar surface area (TPSA) is 84.9 Å². The maximum atomic E-state index is 13.0. The van der Waals surface area contributed by atoms with Crippen molar-refractivity contribution >= 4 is 40.6 Å². The molecule has 1 aliphatic heterocycles. The minimum Gasteiger partial charge on any atom is -0.493 e. The van der Waals surface area contributed by atoms with Crippen LogP contribution in [0.3, 0.4) is 0 Å². The van der Waals surface area contributed by atoms with E-state index in [-0.39, 0.29) is 11.4 Å². The number of anilines is 1. The molecule has 4 rings (SSSR count). The van der Waals surface area contributed by atoms with Crippen molar-refractivity contribution in [1.82, 2.24) is 4.90 Å². The average molecular weight is 515 g/mol. The lowest BCUT2D eigenvalue weighted by atomic mass is 10.0. The number of methoxy groups -OCH3 is 1. The van der Waals surface area contributed by atoms with E-state index in [1.165, 1.54) is 0 Å². The van der Waals surface area contributed by atoms with E-state index < -0.39 is 17.1 Å². The molecule has 0 spiro atoms. The maximum absolute atomic E-state index is 13.0. The summed E-state index contributed by atoms with van der Waals surface area (Å²) in [6, 6.07) is 22.3. The molecule has 1 aliphatic rings. The number of thioether (sulfide) groups is 1.